The van der Waals surface area contributed by atoms with Crippen molar-refractivity contribution in [1.29, 1.82) is 0 Å². The van der Waals surface area contributed by atoms with Crippen LogP contribution in [0.1, 0.15) is 22.3 Å². The van der Waals surface area contributed by atoms with E-state index in [-0.39, 0.29) is 0 Å². The molecule has 1 N–H and O–H groups in total. The summed E-state index contributed by atoms with van der Waals surface area (Å²) in [6.07, 6.45) is 0.792. The molecule has 0 aliphatic rings. The first-order valence-corrected chi connectivity index (χ1v) is 5.65. The van der Waals surface area contributed by atoms with E-state index in [0.29, 0.717) is 0 Å². The van der Waals surface area contributed by atoms with Crippen molar-refractivity contribution in [2.45, 2.75) is 12.0 Å². The molecule has 0 bridgehead atoms. The van der Waals surface area contributed by atoms with Gasteiger partial charge in [0.1, 0.15) is 0 Å². The van der Waals surface area contributed by atoms with Gasteiger partial charge in [-0.15, -0.1) is 0 Å². The summed E-state index contributed by atoms with van der Waals surface area (Å²) in [6, 6.07) is 17.8. The molecule has 1 unspecified atom stereocenters. The van der Waals surface area contributed by atoms with Crippen LogP contribution in [0.4, 0.5) is 0 Å². The van der Waals surface area contributed by atoms with E-state index in [1.165, 1.54) is 5.56 Å². The maximum atomic E-state index is 9.45. The topological polar surface area (TPSA) is 20.2 Å². The van der Waals surface area contributed by atoms with Crippen LogP contribution in [0.5, 0.6) is 0 Å². The number of halogens is 1. The summed E-state index contributed by atoms with van der Waals surface area (Å²) in [5.74, 6) is 0. The Balaban J connectivity index is 2.28. The molecule has 2 heteroatoms. The summed E-state index contributed by atoms with van der Waals surface area (Å²) in [7, 11) is 0. The Morgan fingerprint density at radius 2 is 1.56 bits per heavy atom. The van der Waals surface area contributed by atoms with Gasteiger partial charge in [0, 0.05) is 0 Å². The van der Waals surface area contributed by atoms with Crippen molar-refractivity contribution in [3.8, 4) is 0 Å². The molecule has 0 amide bonds. The fourth-order valence-corrected chi connectivity index (χ4v) is 1.96. The van der Waals surface area contributed by atoms with Crippen LogP contribution >= 0.6 is 11.6 Å². The highest BCUT2D eigenvalue weighted by Gasteiger charge is 2.08. The van der Waals surface area contributed by atoms with Crippen LogP contribution < -0.4 is 0 Å². The number of benzene rings is 2. The number of hydrogen-bond donors (Lipinski definition) is 1. The first kappa shape index (κ1) is 11.2. The lowest BCUT2D eigenvalue weighted by atomic mass is 10.0. The van der Waals surface area contributed by atoms with E-state index >= 15 is 0 Å². The molecule has 1 nitrogen and oxygen atoms in total. The third-order valence-corrected chi connectivity index (χ3v) is 2.78. The SMILES string of the molecule is OC(Cl)c1ccccc1Cc1ccccc1. The number of aliphatic hydroxyl groups excluding tert-OH is 1. The molecule has 1 atom stereocenters. The number of rotatable bonds is 3. The number of alkyl halides is 1. The van der Waals surface area contributed by atoms with E-state index in [1.54, 1.807) is 0 Å². The second-order valence-corrected chi connectivity index (χ2v) is 4.11. The maximum Gasteiger partial charge on any atom is 0.153 e. The molecule has 0 radical (unpaired) electrons. The number of hydrogen-bond acceptors (Lipinski definition) is 1. The molecule has 2 aromatic rings. The zero-order valence-corrected chi connectivity index (χ0v) is 9.56. The molecule has 82 valence electrons. The van der Waals surface area contributed by atoms with Gasteiger partial charge in [0.2, 0.25) is 0 Å². The molecular weight excluding hydrogens is 220 g/mol. The molecule has 0 aliphatic heterocycles. The quantitative estimate of drug-likeness (QED) is 0.803. The molecule has 0 spiro atoms. The van der Waals surface area contributed by atoms with Crippen LogP contribution in [0.3, 0.4) is 0 Å². The van der Waals surface area contributed by atoms with Crippen LogP contribution in [-0.4, -0.2) is 5.11 Å². The molecule has 0 saturated carbocycles. The van der Waals surface area contributed by atoms with E-state index in [1.807, 2.05) is 42.5 Å². The van der Waals surface area contributed by atoms with Crippen LogP contribution in [0.15, 0.2) is 54.6 Å². The zero-order chi connectivity index (χ0) is 11.4. The van der Waals surface area contributed by atoms with Gasteiger partial charge >= 0.3 is 0 Å². The second-order valence-electron chi connectivity index (χ2n) is 3.70. The third-order valence-electron chi connectivity index (χ3n) is 2.55. The summed E-state index contributed by atoms with van der Waals surface area (Å²) >= 11 is 5.73. The highest BCUT2D eigenvalue weighted by molar-refractivity contribution is 6.19. The molecule has 0 heterocycles. The van der Waals surface area contributed by atoms with Crippen molar-refractivity contribution in [2.24, 2.45) is 0 Å². The lowest BCUT2D eigenvalue weighted by Crippen LogP contribution is -1.97. The maximum absolute atomic E-state index is 9.45. The van der Waals surface area contributed by atoms with Gasteiger partial charge in [-0.25, -0.2) is 0 Å². The summed E-state index contributed by atoms with van der Waals surface area (Å²) in [5, 5.41) is 9.45. The van der Waals surface area contributed by atoms with Crippen molar-refractivity contribution < 1.29 is 5.11 Å². The minimum atomic E-state index is -0.931. The summed E-state index contributed by atoms with van der Waals surface area (Å²) in [6.45, 7) is 0. The average Bonchev–Trinajstić information content (AvgIpc) is 2.31. The lowest BCUT2D eigenvalue weighted by molar-refractivity contribution is 0.262. The second kappa shape index (κ2) is 5.15. The Bertz CT molecular complexity index is 451. The minimum absolute atomic E-state index is 0.785. The highest BCUT2D eigenvalue weighted by Crippen LogP contribution is 2.23. The van der Waals surface area contributed by atoms with E-state index in [2.05, 4.69) is 12.1 Å². The van der Waals surface area contributed by atoms with E-state index in [4.69, 9.17) is 11.6 Å². The van der Waals surface area contributed by atoms with Gasteiger partial charge in [-0.2, -0.15) is 0 Å². The molecular formula is C14H13ClO. The van der Waals surface area contributed by atoms with Crippen LogP contribution in [0.2, 0.25) is 0 Å². The van der Waals surface area contributed by atoms with Crippen molar-refractivity contribution >= 4 is 11.6 Å². The molecule has 16 heavy (non-hydrogen) atoms. The van der Waals surface area contributed by atoms with Crippen molar-refractivity contribution in [3.63, 3.8) is 0 Å². The Morgan fingerprint density at radius 3 is 2.25 bits per heavy atom. The summed E-state index contributed by atoms with van der Waals surface area (Å²) in [4.78, 5) is 0. The minimum Gasteiger partial charge on any atom is -0.373 e. The average molecular weight is 233 g/mol. The predicted molar refractivity (Wildman–Crippen MR) is 66.5 cm³/mol. The van der Waals surface area contributed by atoms with Gasteiger partial charge in [0.25, 0.3) is 0 Å². The molecule has 0 aliphatic carbocycles. The van der Waals surface area contributed by atoms with Crippen LogP contribution in [-0.2, 0) is 6.42 Å². The van der Waals surface area contributed by atoms with Crippen molar-refractivity contribution in [2.75, 3.05) is 0 Å². The Labute approximate surface area is 100 Å². The Morgan fingerprint density at radius 1 is 0.938 bits per heavy atom. The molecule has 2 rings (SSSR count). The highest BCUT2D eigenvalue weighted by atomic mass is 35.5. The predicted octanol–water partition coefficient (Wildman–Crippen LogP) is 3.51. The lowest BCUT2D eigenvalue weighted by Gasteiger charge is -2.10. The Kier molecular flexibility index (Phi) is 3.60. The third kappa shape index (κ3) is 2.63. The normalized spacial score (nSPS) is 12.4. The summed E-state index contributed by atoms with van der Waals surface area (Å²) < 4.78 is 0. The largest absolute Gasteiger partial charge is 0.373 e. The monoisotopic (exact) mass is 232 g/mol. The van der Waals surface area contributed by atoms with Gasteiger partial charge in [0.05, 0.1) is 0 Å². The van der Waals surface area contributed by atoms with E-state index < -0.39 is 5.56 Å². The van der Waals surface area contributed by atoms with Crippen LogP contribution in [0, 0.1) is 0 Å². The van der Waals surface area contributed by atoms with Gasteiger partial charge in [0.15, 0.2) is 5.56 Å². The van der Waals surface area contributed by atoms with E-state index in [9.17, 15) is 5.11 Å². The fourth-order valence-electron chi connectivity index (χ4n) is 1.74. The van der Waals surface area contributed by atoms with E-state index in [0.717, 1.165) is 17.5 Å². The van der Waals surface area contributed by atoms with Crippen molar-refractivity contribution in [3.05, 3.63) is 71.3 Å². The Hall–Kier alpha value is -1.31. The zero-order valence-electron chi connectivity index (χ0n) is 8.81. The smallest absolute Gasteiger partial charge is 0.153 e. The molecule has 2 aromatic carbocycles. The molecule has 0 fully saturated rings. The van der Waals surface area contributed by atoms with Gasteiger partial charge < -0.3 is 5.11 Å². The first-order valence-electron chi connectivity index (χ1n) is 5.21. The fraction of sp³-hybridized carbons (Fsp3) is 0.143. The number of aliphatic hydroxyl groups is 1. The van der Waals surface area contributed by atoms with Crippen molar-refractivity contribution in [1.82, 2.24) is 0 Å². The standard InChI is InChI=1S/C14H13ClO/c15-14(16)13-9-5-4-8-12(13)10-11-6-2-1-3-7-11/h1-9,14,16H,10H2. The van der Waals surface area contributed by atoms with Gasteiger partial charge in [-0.05, 0) is 23.1 Å². The van der Waals surface area contributed by atoms with Gasteiger partial charge in [-0.1, -0.05) is 66.2 Å². The molecule has 0 aromatic heterocycles. The first-order chi connectivity index (χ1) is 7.77. The molecule has 0 saturated heterocycles. The summed E-state index contributed by atoms with van der Waals surface area (Å²) in [5.41, 5.74) is 2.14. The van der Waals surface area contributed by atoms with Crippen LogP contribution in [0.25, 0.3) is 0 Å². The van der Waals surface area contributed by atoms with Gasteiger partial charge in [-0.3, -0.25) is 0 Å².